The van der Waals surface area contributed by atoms with E-state index in [9.17, 15) is 22.8 Å². The van der Waals surface area contributed by atoms with Crippen molar-refractivity contribution in [2.45, 2.75) is 25.6 Å². The van der Waals surface area contributed by atoms with Crippen LogP contribution in [0, 0.1) is 5.82 Å². The third kappa shape index (κ3) is 3.22. The molecule has 1 N–H and O–H groups in total. The molecular formula is C18H15F3N2O3. The molecule has 5 nitrogen and oxygen atoms in total. The number of hydrogen-bond acceptors (Lipinski definition) is 3. The van der Waals surface area contributed by atoms with Gasteiger partial charge < -0.3 is 10.1 Å². The van der Waals surface area contributed by atoms with Gasteiger partial charge in [0.1, 0.15) is 17.1 Å². The Morgan fingerprint density at radius 3 is 2.42 bits per heavy atom. The average molecular weight is 364 g/mol. The van der Waals surface area contributed by atoms with E-state index in [-0.39, 0.29) is 17.9 Å². The Kier molecular flexibility index (Phi) is 4.58. The molecule has 1 aliphatic rings. The molecule has 1 saturated heterocycles. The summed E-state index contributed by atoms with van der Waals surface area (Å²) in [7, 11) is 0. The van der Waals surface area contributed by atoms with Gasteiger partial charge in [0.25, 0.3) is 5.91 Å². The smallest absolute Gasteiger partial charge is 0.387 e. The van der Waals surface area contributed by atoms with Gasteiger partial charge in [-0.2, -0.15) is 8.78 Å². The van der Waals surface area contributed by atoms with Gasteiger partial charge in [0.05, 0.1) is 6.54 Å². The molecule has 0 saturated carbocycles. The largest absolute Gasteiger partial charge is 0.434 e. The van der Waals surface area contributed by atoms with Crippen molar-refractivity contribution in [2.24, 2.45) is 0 Å². The monoisotopic (exact) mass is 364 g/mol. The number of hydrogen-bond donors (Lipinski definition) is 1. The van der Waals surface area contributed by atoms with Crippen molar-refractivity contribution < 1.29 is 27.5 Å². The van der Waals surface area contributed by atoms with E-state index in [0.29, 0.717) is 5.56 Å². The third-order valence-electron chi connectivity index (χ3n) is 4.21. The quantitative estimate of drug-likeness (QED) is 0.828. The maximum atomic E-state index is 13.1. The van der Waals surface area contributed by atoms with Crippen molar-refractivity contribution in [1.82, 2.24) is 10.2 Å². The lowest BCUT2D eigenvalue weighted by Crippen LogP contribution is -2.40. The van der Waals surface area contributed by atoms with Crippen LogP contribution in [0.4, 0.5) is 18.0 Å². The van der Waals surface area contributed by atoms with E-state index in [1.54, 1.807) is 6.07 Å². The standard InChI is InChI=1S/C18H15F3N2O3/c1-18(12-6-8-13(19)9-7-12)15(24)23(17(25)22-18)10-11-4-2-3-5-14(11)26-16(20)21/h2-9,16H,10H2,1H3,(H,22,25). The van der Waals surface area contributed by atoms with E-state index >= 15 is 0 Å². The molecule has 1 unspecified atom stereocenters. The van der Waals surface area contributed by atoms with Crippen LogP contribution in [-0.4, -0.2) is 23.4 Å². The number of carbonyl (C=O) groups excluding carboxylic acids is 2. The Hall–Kier alpha value is -3.03. The highest BCUT2D eigenvalue weighted by Crippen LogP contribution is 2.31. The Balaban J connectivity index is 1.88. The minimum atomic E-state index is -3.02. The predicted molar refractivity (Wildman–Crippen MR) is 85.9 cm³/mol. The number of benzene rings is 2. The van der Waals surface area contributed by atoms with Gasteiger partial charge in [-0.15, -0.1) is 0 Å². The Morgan fingerprint density at radius 2 is 1.77 bits per heavy atom. The first kappa shape index (κ1) is 17.8. The summed E-state index contributed by atoms with van der Waals surface area (Å²) in [6.45, 7) is -1.75. The van der Waals surface area contributed by atoms with E-state index in [1.165, 1.54) is 49.4 Å². The number of urea groups is 1. The van der Waals surface area contributed by atoms with Crippen LogP contribution in [-0.2, 0) is 16.9 Å². The highest BCUT2D eigenvalue weighted by molar-refractivity contribution is 6.07. The van der Waals surface area contributed by atoms with Crippen LogP contribution in [0.1, 0.15) is 18.1 Å². The average Bonchev–Trinajstić information content (AvgIpc) is 2.81. The summed E-state index contributed by atoms with van der Waals surface area (Å²) in [6.07, 6.45) is 0. The first-order chi connectivity index (χ1) is 12.3. The molecular weight excluding hydrogens is 349 g/mol. The summed E-state index contributed by atoms with van der Waals surface area (Å²) in [6, 6.07) is 10.4. The number of alkyl halides is 2. The second-order valence-electron chi connectivity index (χ2n) is 5.94. The lowest BCUT2D eigenvalue weighted by molar-refractivity contribution is -0.131. The molecule has 1 heterocycles. The number of para-hydroxylation sites is 1. The molecule has 8 heteroatoms. The van der Waals surface area contributed by atoms with Crippen LogP contribution in [0.3, 0.4) is 0 Å². The predicted octanol–water partition coefficient (Wildman–Crippen LogP) is 3.39. The summed E-state index contributed by atoms with van der Waals surface area (Å²) in [5.74, 6) is -1.15. The fourth-order valence-electron chi connectivity index (χ4n) is 2.84. The normalized spacial score (nSPS) is 19.8. The summed E-state index contributed by atoms with van der Waals surface area (Å²) >= 11 is 0. The van der Waals surface area contributed by atoms with Crippen LogP contribution in [0.15, 0.2) is 48.5 Å². The third-order valence-corrected chi connectivity index (χ3v) is 4.21. The summed E-state index contributed by atoms with van der Waals surface area (Å²) in [4.78, 5) is 26.0. The molecule has 136 valence electrons. The second kappa shape index (κ2) is 6.70. The number of imide groups is 1. The zero-order chi connectivity index (χ0) is 18.9. The molecule has 2 aromatic carbocycles. The second-order valence-corrected chi connectivity index (χ2v) is 5.94. The molecule has 3 rings (SSSR count). The van der Waals surface area contributed by atoms with Gasteiger partial charge in [-0.25, -0.2) is 9.18 Å². The SMILES string of the molecule is CC1(c2ccc(F)cc2)NC(=O)N(Cc2ccccc2OC(F)F)C1=O. The Morgan fingerprint density at radius 1 is 1.12 bits per heavy atom. The van der Waals surface area contributed by atoms with E-state index in [2.05, 4.69) is 10.1 Å². The molecule has 0 spiro atoms. The van der Waals surface area contributed by atoms with Crippen molar-refractivity contribution in [3.63, 3.8) is 0 Å². The zero-order valence-electron chi connectivity index (χ0n) is 13.7. The molecule has 0 bridgehead atoms. The van der Waals surface area contributed by atoms with Crippen LogP contribution < -0.4 is 10.1 Å². The highest BCUT2D eigenvalue weighted by Gasteiger charge is 2.49. The van der Waals surface area contributed by atoms with E-state index in [1.807, 2.05) is 0 Å². The van der Waals surface area contributed by atoms with Crippen molar-refractivity contribution in [3.8, 4) is 5.75 Å². The number of nitrogens with one attached hydrogen (secondary N) is 1. The van der Waals surface area contributed by atoms with E-state index < -0.39 is 29.9 Å². The fraction of sp³-hybridized carbons (Fsp3) is 0.222. The lowest BCUT2D eigenvalue weighted by atomic mass is 9.92. The van der Waals surface area contributed by atoms with Gasteiger partial charge in [-0.05, 0) is 30.7 Å². The lowest BCUT2D eigenvalue weighted by Gasteiger charge is -2.22. The van der Waals surface area contributed by atoms with E-state index in [0.717, 1.165) is 4.90 Å². The molecule has 3 amide bonds. The van der Waals surface area contributed by atoms with Gasteiger partial charge in [0, 0.05) is 5.56 Å². The summed E-state index contributed by atoms with van der Waals surface area (Å²) < 4.78 is 42.6. The van der Waals surface area contributed by atoms with Gasteiger partial charge in [-0.1, -0.05) is 30.3 Å². The molecule has 1 fully saturated rings. The molecule has 0 aliphatic carbocycles. The number of carbonyl (C=O) groups is 2. The first-order valence-corrected chi connectivity index (χ1v) is 7.74. The molecule has 0 aromatic heterocycles. The first-order valence-electron chi connectivity index (χ1n) is 7.74. The molecule has 26 heavy (non-hydrogen) atoms. The van der Waals surface area contributed by atoms with Crippen LogP contribution in [0.5, 0.6) is 5.75 Å². The van der Waals surface area contributed by atoms with Crippen molar-refractivity contribution >= 4 is 11.9 Å². The summed E-state index contributed by atoms with van der Waals surface area (Å²) in [5, 5.41) is 2.57. The van der Waals surface area contributed by atoms with Crippen molar-refractivity contribution in [2.75, 3.05) is 0 Å². The minimum Gasteiger partial charge on any atom is -0.434 e. The zero-order valence-corrected chi connectivity index (χ0v) is 13.7. The maximum absolute atomic E-state index is 13.1. The molecule has 0 radical (unpaired) electrons. The van der Waals surface area contributed by atoms with Gasteiger partial charge in [-0.3, -0.25) is 9.69 Å². The van der Waals surface area contributed by atoms with Gasteiger partial charge in [0.15, 0.2) is 0 Å². The Labute approximate surface area is 147 Å². The molecule has 1 atom stereocenters. The van der Waals surface area contributed by atoms with Crippen LogP contribution >= 0.6 is 0 Å². The summed E-state index contributed by atoms with van der Waals surface area (Å²) in [5.41, 5.74) is -0.694. The van der Waals surface area contributed by atoms with Crippen LogP contribution in [0.2, 0.25) is 0 Å². The van der Waals surface area contributed by atoms with Crippen LogP contribution in [0.25, 0.3) is 0 Å². The number of ether oxygens (including phenoxy) is 1. The minimum absolute atomic E-state index is 0.113. The highest BCUT2D eigenvalue weighted by atomic mass is 19.3. The van der Waals surface area contributed by atoms with Gasteiger partial charge in [0.2, 0.25) is 0 Å². The van der Waals surface area contributed by atoms with Crippen molar-refractivity contribution in [1.29, 1.82) is 0 Å². The van der Waals surface area contributed by atoms with Gasteiger partial charge >= 0.3 is 12.6 Å². The maximum Gasteiger partial charge on any atom is 0.387 e. The number of amides is 3. The molecule has 2 aromatic rings. The topological polar surface area (TPSA) is 58.6 Å². The Bertz CT molecular complexity index is 842. The number of rotatable bonds is 5. The van der Waals surface area contributed by atoms with Crippen molar-refractivity contribution in [3.05, 3.63) is 65.5 Å². The molecule has 1 aliphatic heterocycles. The fourth-order valence-corrected chi connectivity index (χ4v) is 2.84. The number of nitrogens with zero attached hydrogens (tertiary/aromatic N) is 1. The van der Waals surface area contributed by atoms with E-state index in [4.69, 9.17) is 0 Å². The number of halogens is 3.